The molecule has 1 aromatic heterocycles. The first-order chi connectivity index (χ1) is 8.69. The molecule has 0 aliphatic heterocycles. The molecule has 0 unspecified atom stereocenters. The van der Waals surface area contributed by atoms with E-state index in [9.17, 15) is 0 Å². The molecule has 4 heteroatoms. The van der Waals surface area contributed by atoms with Crippen molar-refractivity contribution >= 4 is 17.2 Å². The van der Waals surface area contributed by atoms with Gasteiger partial charge in [-0.3, -0.25) is 0 Å². The Hall–Kier alpha value is -2.23. The molecular formula is C14H17N3O. The summed E-state index contributed by atoms with van der Waals surface area (Å²) < 4.78 is 5.39. The minimum Gasteiger partial charge on any atom is -0.494 e. The van der Waals surface area contributed by atoms with Crippen LogP contribution in [0.1, 0.15) is 12.5 Å². The molecule has 0 spiro atoms. The standard InChI is InChI=1S/C14H17N3O/c1-3-18-12-6-4-11(5-7-12)17-14-8-10(2)13(15)9-16-14/h4-9H,3,15H2,1-2H3,(H,16,17). The van der Waals surface area contributed by atoms with E-state index < -0.39 is 0 Å². The summed E-state index contributed by atoms with van der Waals surface area (Å²) in [5.41, 5.74) is 8.41. The molecule has 1 heterocycles. The molecule has 18 heavy (non-hydrogen) atoms. The third-order valence-electron chi connectivity index (χ3n) is 2.59. The summed E-state index contributed by atoms with van der Waals surface area (Å²) in [6, 6.07) is 9.69. The van der Waals surface area contributed by atoms with Gasteiger partial charge in [-0.1, -0.05) is 0 Å². The van der Waals surface area contributed by atoms with Crippen molar-refractivity contribution in [3.05, 3.63) is 42.1 Å². The van der Waals surface area contributed by atoms with Crippen LogP contribution in [0.25, 0.3) is 0 Å². The number of pyridine rings is 1. The predicted molar refractivity (Wildman–Crippen MR) is 74.3 cm³/mol. The highest BCUT2D eigenvalue weighted by Gasteiger charge is 1.99. The van der Waals surface area contributed by atoms with Crippen molar-refractivity contribution in [3.8, 4) is 5.75 Å². The summed E-state index contributed by atoms with van der Waals surface area (Å²) in [6.45, 7) is 4.60. The van der Waals surface area contributed by atoms with Crippen molar-refractivity contribution in [2.75, 3.05) is 17.7 Å². The summed E-state index contributed by atoms with van der Waals surface area (Å²) in [6.07, 6.45) is 1.66. The molecule has 0 saturated carbocycles. The summed E-state index contributed by atoms with van der Waals surface area (Å²) in [4.78, 5) is 4.23. The lowest BCUT2D eigenvalue weighted by atomic mass is 10.2. The molecule has 94 valence electrons. The van der Waals surface area contributed by atoms with Gasteiger partial charge in [-0.05, 0) is 49.7 Å². The van der Waals surface area contributed by atoms with Gasteiger partial charge in [0.05, 0.1) is 18.5 Å². The van der Waals surface area contributed by atoms with Crippen molar-refractivity contribution in [1.29, 1.82) is 0 Å². The van der Waals surface area contributed by atoms with Gasteiger partial charge in [0, 0.05) is 5.69 Å². The Bertz CT molecular complexity index is 523. The van der Waals surface area contributed by atoms with Gasteiger partial charge in [-0.15, -0.1) is 0 Å². The van der Waals surface area contributed by atoms with Crippen molar-refractivity contribution in [2.24, 2.45) is 0 Å². The third kappa shape index (κ3) is 2.91. The highest BCUT2D eigenvalue weighted by Crippen LogP contribution is 2.20. The Morgan fingerprint density at radius 3 is 2.61 bits per heavy atom. The molecule has 0 bridgehead atoms. The summed E-state index contributed by atoms with van der Waals surface area (Å²) in [5, 5.41) is 3.22. The van der Waals surface area contributed by atoms with E-state index in [0.29, 0.717) is 12.3 Å². The Kier molecular flexibility index (Phi) is 3.67. The monoisotopic (exact) mass is 243 g/mol. The summed E-state index contributed by atoms with van der Waals surface area (Å²) in [7, 11) is 0. The zero-order chi connectivity index (χ0) is 13.0. The average molecular weight is 243 g/mol. The van der Waals surface area contributed by atoms with Crippen LogP contribution in [0.3, 0.4) is 0 Å². The maximum Gasteiger partial charge on any atom is 0.130 e. The number of hydrogen-bond acceptors (Lipinski definition) is 4. The maximum absolute atomic E-state index is 5.73. The fourth-order valence-corrected chi connectivity index (χ4v) is 1.58. The predicted octanol–water partition coefficient (Wildman–Crippen LogP) is 3.11. The van der Waals surface area contributed by atoms with E-state index >= 15 is 0 Å². The number of ether oxygens (including phenoxy) is 1. The zero-order valence-corrected chi connectivity index (χ0v) is 10.6. The van der Waals surface area contributed by atoms with E-state index in [-0.39, 0.29) is 0 Å². The molecule has 0 aliphatic rings. The molecule has 4 nitrogen and oxygen atoms in total. The lowest BCUT2D eigenvalue weighted by Crippen LogP contribution is -1.97. The first-order valence-corrected chi connectivity index (χ1v) is 5.91. The van der Waals surface area contributed by atoms with Crippen molar-refractivity contribution in [3.63, 3.8) is 0 Å². The second-order valence-corrected chi connectivity index (χ2v) is 4.01. The van der Waals surface area contributed by atoms with Crippen molar-refractivity contribution < 1.29 is 4.74 Å². The number of aromatic nitrogens is 1. The van der Waals surface area contributed by atoms with Crippen molar-refractivity contribution in [2.45, 2.75) is 13.8 Å². The van der Waals surface area contributed by atoms with E-state index in [1.807, 2.05) is 44.2 Å². The quantitative estimate of drug-likeness (QED) is 0.866. The first-order valence-electron chi connectivity index (χ1n) is 5.91. The number of aryl methyl sites for hydroxylation is 1. The summed E-state index contributed by atoms with van der Waals surface area (Å²) in [5.74, 6) is 1.65. The number of nitrogens with one attached hydrogen (secondary N) is 1. The lowest BCUT2D eigenvalue weighted by Gasteiger charge is -2.08. The molecule has 2 aromatic rings. The van der Waals surface area contributed by atoms with Crippen LogP contribution in [0.15, 0.2) is 36.5 Å². The van der Waals surface area contributed by atoms with E-state index in [0.717, 1.165) is 22.8 Å². The maximum atomic E-state index is 5.73. The minimum absolute atomic E-state index is 0.672. The van der Waals surface area contributed by atoms with Crippen LogP contribution in [0.2, 0.25) is 0 Å². The number of hydrogen-bond donors (Lipinski definition) is 2. The Morgan fingerprint density at radius 1 is 1.28 bits per heavy atom. The Labute approximate surface area is 107 Å². The Balaban J connectivity index is 2.10. The van der Waals surface area contributed by atoms with Crippen LogP contribution in [-0.4, -0.2) is 11.6 Å². The molecular weight excluding hydrogens is 226 g/mol. The zero-order valence-electron chi connectivity index (χ0n) is 10.6. The van der Waals surface area contributed by atoms with Crippen LogP contribution >= 0.6 is 0 Å². The number of rotatable bonds is 4. The van der Waals surface area contributed by atoms with Crippen LogP contribution in [0.4, 0.5) is 17.2 Å². The van der Waals surface area contributed by atoms with Gasteiger partial charge >= 0.3 is 0 Å². The van der Waals surface area contributed by atoms with Crippen LogP contribution in [0.5, 0.6) is 5.75 Å². The van der Waals surface area contributed by atoms with Gasteiger partial charge in [0.2, 0.25) is 0 Å². The molecule has 1 aromatic carbocycles. The van der Waals surface area contributed by atoms with Crippen LogP contribution < -0.4 is 15.8 Å². The molecule has 0 radical (unpaired) electrons. The SMILES string of the molecule is CCOc1ccc(Nc2cc(C)c(N)cn2)cc1. The van der Waals surface area contributed by atoms with Gasteiger partial charge in [0.1, 0.15) is 11.6 Å². The molecule has 0 atom stereocenters. The normalized spacial score (nSPS) is 10.1. The van der Waals surface area contributed by atoms with Gasteiger partial charge in [-0.2, -0.15) is 0 Å². The van der Waals surface area contributed by atoms with Gasteiger partial charge < -0.3 is 15.8 Å². The van der Waals surface area contributed by atoms with Gasteiger partial charge in [0.15, 0.2) is 0 Å². The van der Waals surface area contributed by atoms with Crippen molar-refractivity contribution in [1.82, 2.24) is 4.98 Å². The lowest BCUT2D eigenvalue weighted by molar-refractivity contribution is 0.340. The molecule has 2 rings (SSSR count). The van der Waals surface area contributed by atoms with Crippen LogP contribution in [-0.2, 0) is 0 Å². The van der Waals surface area contributed by atoms with E-state index in [1.165, 1.54) is 0 Å². The number of nitrogens with two attached hydrogens (primary N) is 1. The molecule has 3 N–H and O–H groups in total. The minimum atomic E-state index is 0.672. The number of nitrogens with zero attached hydrogens (tertiary/aromatic N) is 1. The Morgan fingerprint density at radius 2 is 2.00 bits per heavy atom. The van der Waals surface area contributed by atoms with Crippen LogP contribution in [0, 0.1) is 6.92 Å². The topological polar surface area (TPSA) is 60.2 Å². The second kappa shape index (κ2) is 5.40. The van der Waals surface area contributed by atoms with E-state index in [1.54, 1.807) is 6.20 Å². The molecule has 0 saturated heterocycles. The number of nitrogen functional groups attached to an aromatic ring is 1. The summed E-state index contributed by atoms with van der Waals surface area (Å²) >= 11 is 0. The fraction of sp³-hybridized carbons (Fsp3) is 0.214. The largest absolute Gasteiger partial charge is 0.494 e. The van der Waals surface area contributed by atoms with E-state index in [2.05, 4.69) is 10.3 Å². The number of anilines is 3. The van der Waals surface area contributed by atoms with Gasteiger partial charge in [0.25, 0.3) is 0 Å². The molecule has 0 fully saturated rings. The first kappa shape index (κ1) is 12.2. The van der Waals surface area contributed by atoms with E-state index in [4.69, 9.17) is 10.5 Å². The average Bonchev–Trinajstić information content (AvgIpc) is 2.37. The second-order valence-electron chi connectivity index (χ2n) is 4.01. The highest BCUT2D eigenvalue weighted by atomic mass is 16.5. The molecule has 0 aliphatic carbocycles. The van der Waals surface area contributed by atoms with Gasteiger partial charge in [-0.25, -0.2) is 4.98 Å². The smallest absolute Gasteiger partial charge is 0.130 e. The third-order valence-corrected chi connectivity index (χ3v) is 2.59. The number of benzene rings is 1. The highest BCUT2D eigenvalue weighted by molar-refractivity contribution is 5.60. The fourth-order valence-electron chi connectivity index (χ4n) is 1.58. The molecule has 0 amide bonds.